The van der Waals surface area contributed by atoms with Crippen molar-refractivity contribution in [1.82, 2.24) is 10.2 Å². The van der Waals surface area contributed by atoms with Crippen LogP contribution in [0.3, 0.4) is 0 Å². The summed E-state index contributed by atoms with van der Waals surface area (Å²) in [5.74, 6) is -0.00111. The Morgan fingerprint density at radius 2 is 1.90 bits per heavy atom. The Bertz CT molecular complexity index is 995. The fourth-order valence-corrected chi connectivity index (χ4v) is 4.55. The Hall–Kier alpha value is -1.92. The molecule has 0 aromatic heterocycles. The molecule has 0 saturated carbocycles. The molecule has 162 valence electrons. The smallest absolute Gasteiger partial charge is 0.252 e. The van der Waals surface area contributed by atoms with Crippen molar-refractivity contribution >= 4 is 45.1 Å². The summed E-state index contributed by atoms with van der Waals surface area (Å²) in [6.45, 7) is 5.20. The van der Waals surface area contributed by atoms with Crippen LogP contribution in [0, 0.1) is 0 Å². The average Bonchev–Trinajstić information content (AvgIpc) is 3.14. The first-order valence-electron chi connectivity index (χ1n) is 10.6. The highest BCUT2D eigenvalue weighted by atomic mass is 79.9. The number of carbonyl (C=O) groups excluding carboxylic acids is 1. The van der Waals surface area contributed by atoms with Crippen LogP contribution in [-0.2, 0) is 16.0 Å². The molecule has 1 N–H and O–H groups in total. The fourth-order valence-electron chi connectivity index (χ4n) is 4.02. The van der Waals surface area contributed by atoms with E-state index in [-0.39, 0.29) is 5.91 Å². The molecule has 1 saturated heterocycles. The lowest BCUT2D eigenvalue weighted by molar-refractivity contribution is -0.115. The van der Waals surface area contributed by atoms with Gasteiger partial charge in [0.25, 0.3) is 5.91 Å². The number of nitrogens with zero attached hydrogens (tertiary/aromatic N) is 1. The minimum atomic E-state index is -0.00111. The SMILES string of the molecule is O=C(NCCCN1CCOCC1)C1=C(/C=C/c2ccc(Cl)cc2)Cc2cc(Br)ccc21. The Kier molecular flexibility index (Phi) is 7.62. The minimum Gasteiger partial charge on any atom is -0.379 e. The molecule has 0 unspecified atom stereocenters. The Morgan fingerprint density at radius 1 is 1.13 bits per heavy atom. The zero-order valence-electron chi connectivity index (χ0n) is 17.4. The molecule has 0 radical (unpaired) electrons. The van der Waals surface area contributed by atoms with Crippen LogP contribution in [0.15, 0.2) is 58.6 Å². The molecule has 1 aliphatic carbocycles. The molecule has 0 atom stereocenters. The van der Waals surface area contributed by atoms with Gasteiger partial charge < -0.3 is 10.1 Å². The van der Waals surface area contributed by atoms with Crippen molar-refractivity contribution < 1.29 is 9.53 Å². The number of rotatable bonds is 7. The van der Waals surface area contributed by atoms with Gasteiger partial charge in [-0.25, -0.2) is 0 Å². The molecule has 4 nitrogen and oxygen atoms in total. The van der Waals surface area contributed by atoms with Crippen LogP contribution in [0.2, 0.25) is 5.02 Å². The number of hydrogen-bond acceptors (Lipinski definition) is 3. The Morgan fingerprint density at radius 3 is 2.68 bits per heavy atom. The summed E-state index contributed by atoms with van der Waals surface area (Å²) >= 11 is 9.54. The van der Waals surface area contributed by atoms with E-state index in [0.717, 1.165) is 72.4 Å². The number of morpholine rings is 1. The molecule has 1 aliphatic heterocycles. The molecule has 0 bridgehead atoms. The molecule has 2 aliphatic rings. The number of fused-ring (bicyclic) bond motifs is 1. The normalized spacial score (nSPS) is 16.7. The first kappa shape index (κ1) is 22.3. The zero-order chi connectivity index (χ0) is 21.6. The van der Waals surface area contributed by atoms with Crippen LogP contribution in [0.5, 0.6) is 0 Å². The van der Waals surface area contributed by atoms with Crippen molar-refractivity contribution in [2.45, 2.75) is 12.8 Å². The van der Waals surface area contributed by atoms with E-state index in [1.54, 1.807) is 0 Å². The molecule has 1 fully saturated rings. The lowest BCUT2D eigenvalue weighted by atomic mass is 10.0. The number of halogens is 2. The molecular weight excluding hydrogens is 476 g/mol. The van der Waals surface area contributed by atoms with Crippen molar-refractivity contribution in [1.29, 1.82) is 0 Å². The van der Waals surface area contributed by atoms with Crippen molar-refractivity contribution in [3.8, 4) is 0 Å². The number of carbonyl (C=O) groups is 1. The highest BCUT2D eigenvalue weighted by molar-refractivity contribution is 9.10. The molecule has 1 amide bonds. The second-order valence-corrected chi connectivity index (χ2v) is 9.18. The van der Waals surface area contributed by atoms with Crippen LogP contribution >= 0.6 is 27.5 Å². The highest BCUT2D eigenvalue weighted by Crippen LogP contribution is 2.35. The lowest BCUT2D eigenvalue weighted by Gasteiger charge is -2.26. The maximum Gasteiger partial charge on any atom is 0.252 e. The number of amides is 1. The third-order valence-corrected chi connectivity index (χ3v) is 6.40. The van der Waals surface area contributed by atoms with Crippen molar-refractivity contribution in [2.24, 2.45) is 0 Å². The van der Waals surface area contributed by atoms with Gasteiger partial charge in [-0.15, -0.1) is 0 Å². The standard InChI is InChI=1S/C25H26BrClN2O2/c26-21-6-9-23-20(17-21)16-19(5-2-18-3-7-22(27)8-4-18)24(23)25(30)28-10-1-11-29-12-14-31-15-13-29/h2-9,17H,1,10-16H2,(H,28,30)/b5-2+. The minimum absolute atomic E-state index is 0.00111. The number of nitrogens with one attached hydrogen (secondary N) is 1. The monoisotopic (exact) mass is 500 g/mol. The predicted molar refractivity (Wildman–Crippen MR) is 130 cm³/mol. The summed E-state index contributed by atoms with van der Waals surface area (Å²) in [5.41, 5.74) is 5.06. The number of ether oxygens (including phenoxy) is 1. The topological polar surface area (TPSA) is 41.6 Å². The predicted octanol–water partition coefficient (Wildman–Crippen LogP) is 4.96. The quantitative estimate of drug-likeness (QED) is 0.545. The van der Waals surface area contributed by atoms with Crippen molar-refractivity contribution in [3.63, 3.8) is 0 Å². The summed E-state index contributed by atoms with van der Waals surface area (Å²) in [6.07, 6.45) is 5.77. The van der Waals surface area contributed by atoms with Gasteiger partial charge in [-0.05, 0) is 65.9 Å². The first-order valence-corrected chi connectivity index (χ1v) is 11.8. The molecule has 0 spiro atoms. The fraction of sp³-hybridized carbons (Fsp3) is 0.320. The van der Waals surface area contributed by atoms with E-state index in [1.165, 1.54) is 5.56 Å². The van der Waals surface area contributed by atoms with E-state index in [4.69, 9.17) is 16.3 Å². The number of hydrogen-bond donors (Lipinski definition) is 1. The highest BCUT2D eigenvalue weighted by Gasteiger charge is 2.25. The molecule has 2 aromatic rings. The largest absolute Gasteiger partial charge is 0.379 e. The molecule has 2 aromatic carbocycles. The third-order valence-electron chi connectivity index (χ3n) is 5.65. The van der Waals surface area contributed by atoms with Gasteiger partial charge in [-0.3, -0.25) is 9.69 Å². The van der Waals surface area contributed by atoms with Crippen molar-refractivity contribution in [3.05, 3.63) is 80.3 Å². The third kappa shape index (κ3) is 5.86. The summed E-state index contributed by atoms with van der Waals surface area (Å²) < 4.78 is 6.42. The van der Waals surface area contributed by atoms with Gasteiger partial charge in [0.1, 0.15) is 0 Å². The molecular formula is C25H26BrClN2O2. The summed E-state index contributed by atoms with van der Waals surface area (Å²) in [7, 11) is 0. The van der Waals surface area contributed by atoms with Gasteiger partial charge in [0.15, 0.2) is 0 Å². The molecule has 6 heteroatoms. The van der Waals surface area contributed by atoms with Crippen molar-refractivity contribution in [2.75, 3.05) is 39.4 Å². The lowest BCUT2D eigenvalue weighted by Crippen LogP contribution is -2.38. The molecule has 4 rings (SSSR count). The van der Waals surface area contributed by atoms with E-state index in [9.17, 15) is 4.79 Å². The van der Waals surface area contributed by atoms with E-state index in [0.29, 0.717) is 11.6 Å². The molecule has 1 heterocycles. The van der Waals surface area contributed by atoms with Gasteiger partial charge in [0.2, 0.25) is 0 Å². The van der Waals surface area contributed by atoms with Gasteiger partial charge in [-0.2, -0.15) is 0 Å². The number of benzene rings is 2. The van der Waals surface area contributed by atoms with E-state index < -0.39 is 0 Å². The Balaban J connectivity index is 1.46. The second kappa shape index (κ2) is 10.6. The van der Waals surface area contributed by atoms with E-state index in [1.807, 2.05) is 42.5 Å². The maximum atomic E-state index is 13.1. The van der Waals surface area contributed by atoms with Gasteiger partial charge in [0.05, 0.1) is 18.8 Å². The van der Waals surface area contributed by atoms with E-state index in [2.05, 4.69) is 38.3 Å². The van der Waals surface area contributed by atoms with E-state index >= 15 is 0 Å². The van der Waals surface area contributed by atoms with Gasteiger partial charge in [0, 0.05) is 29.1 Å². The second-order valence-electron chi connectivity index (χ2n) is 7.83. The Labute approximate surface area is 197 Å². The number of allylic oxidation sites excluding steroid dienone is 2. The summed E-state index contributed by atoms with van der Waals surface area (Å²) in [5, 5.41) is 3.85. The summed E-state index contributed by atoms with van der Waals surface area (Å²) in [6, 6.07) is 13.8. The molecule has 31 heavy (non-hydrogen) atoms. The van der Waals surface area contributed by atoms with Crippen LogP contribution < -0.4 is 5.32 Å². The van der Waals surface area contributed by atoms with Crippen LogP contribution in [0.1, 0.15) is 23.1 Å². The van der Waals surface area contributed by atoms with Crippen LogP contribution in [-0.4, -0.2) is 50.2 Å². The maximum absolute atomic E-state index is 13.1. The van der Waals surface area contributed by atoms with Gasteiger partial charge in [-0.1, -0.05) is 57.9 Å². The van der Waals surface area contributed by atoms with Gasteiger partial charge >= 0.3 is 0 Å². The zero-order valence-corrected chi connectivity index (χ0v) is 19.7. The van der Waals surface area contributed by atoms with Crippen LogP contribution in [0.25, 0.3) is 11.6 Å². The average molecular weight is 502 g/mol. The summed E-state index contributed by atoms with van der Waals surface area (Å²) in [4.78, 5) is 15.5. The van der Waals surface area contributed by atoms with Crippen LogP contribution in [0.4, 0.5) is 0 Å². The first-order chi connectivity index (χ1) is 15.1.